The van der Waals surface area contributed by atoms with Gasteiger partial charge in [0.1, 0.15) is 5.56 Å². The van der Waals surface area contributed by atoms with E-state index in [-0.39, 0.29) is 51.8 Å². The summed E-state index contributed by atoms with van der Waals surface area (Å²) >= 11 is 0. The fourth-order valence-electron chi connectivity index (χ4n) is 5.49. The summed E-state index contributed by atoms with van der Waals surface area (Å²) in [5.74, 6) is 0.230. The van der Waals surface area contributed by atoms with Crippen molar-refractivity contribution in [3.05, 3.63) is 41.1 Å². The number of aromatic nitrogens is 3. The Balaban J connectivity index is 1.34. The zero-order valence-electron chi connectivity index (χ0n) is 21.2. The Morgan fingerprint density at radius 1 is 1.18 bits per heavy atom. The molecule has 38 heavy (non-hydrogen) atoms. The number of nitrogen functional groups attached to an aromatic ring is 1. The molecular weight excluding hydrogens is 504 g/mol. The van der Waals surface area contributed by atoms with Crippen LogP contribution in [0.15, 0.2) is 29.3 Å². The predicted octanol–water partition coefficient (Wildman–Crippen LogP) is 2.81. The van der Waals surface area contributed by atoms with Crippen LogP contribution in [0.25, 0.3) is 16.9 Å². The zero-order chi connectivity index (χ0) is 26.3. The van der Waals surface area contributed by atoms with Gasteiger partial charge in [-0.3, -0.25) is 9.59 Å². The average Bonchev–Trinajstić information content (AvgIpc) is 3.74. The van der Waals surface area contributed by atoms with Gasteiger partial charge in [-0.2, -0.15) is 0 Å². The van der Waals surface area contributed by atoms with Crippen LogP contribution >= 0.6 is 0 Å². The Morgan fingerprint density at radius 2 is 1.95 bits per heavy atom. The molecule has 1 atom stereocenters. The first kappa shape index (κ1) is 23.6. The standard InChI is InChI=1S/C27H30N6O4S/c1-14(16-4-5-16)32-12-18-10-17(11-21(22(18)27(32)35)38(36,37)13-15-2-3-15)20-8-9-33-25(30-20)23(24(28)31-33)26(34)29-19-6-7-19/h8-11,14-16,19H,2-7,12-13H2,1H3,(H2,28,31)(H,29,34). The van der Waals surface area contributed by atoms with Crippen molar-refractivity contribution in [3.63, 3.8) is 0 Å². The number of nitrogens with two attached hydrogens (primary N) is 1. The van der Waals surface area contributed by atoms with Gasteiger partial charge in [-0.05, 0) is 81.0 Å². The van der Waals surface area contributed by atoms with Crippen LogP contribution < -0.4 is 11.1 Å². The minimum absolute atomic E-state index is 0.0471. The lowest BCUT2D eigenvalue weighted by Gasteiger charge is -2.24. The van der Waals surface area contributed by atoms with Crippen LogP contribution in [0, 0.1) is 11.8 Å². The Kier molecular flexibility index (Phi) is 5.14. The van der Waals surface area contributed by atoms with Crippen LogP contribution in [0.2, 0.25) is 0 Å². The first-order valence-electron chi connectivity index (χ1n) is 13.4. The maximum Gasteiger partial charge on any atom is 0.259 e. The minimum atomic E-state index is -3.68. The highest BCUT2D eigenvalue weighted by atomic mass is 32.2. The quantitative estimate of drug-likeness (QED) is 0.453. The van der Waals surface area contributed by atoms with Crippen molar-refractivity contribution in [2.24, 2.45) is 11.8 Å². The fraction of sp³-hybridized carbons (Fsp3) is 0.481. The molecule has 3 heterocycles. The molecule has 0 saturated heterocycles. The van der Waals surface area contributed by atoms with E-state index in [0.29, 0.717) is 40.5 Å². The second-order valence-corrected chi connectivity index (χ2v) is 13.3. The van der Waals surface area contributed by atoms with Gasteiger partial charge in [0.15, 0.2) is 21.3 Å². The van der Waals surface area contributed by atoms with E-state index >= 15 is 0 Å². The molecule has 3 aromatic rings. The first-order chi connectivity index (χ1) is 18.2. The molecule has 10 nitrogen and oxygen atoms in total. The lowest BCUT2D eigenvalue weighted by Crippen LogP contribution is -2.35. The summed E-state index contributed by atoms with van der Waals surface area (Å²) in [6, 6.07) is 5.39. The van der Waals surface area contributed by atoms with E-state index in [2.05, 4.69) is 17.3 Å². The van der Waals surface area contributed by atoms with Crippen molar-refractivity contribution in [3.8, 4) is 11.3 Å². The summed E-state index contributed by atoms with van der Waals surface area (Å²) in [6.07, 6.45) is 7.51. The first-order valence-corrected chi connectivity index (χ1v) is 15.0. The van der Waals surface area contributed by atoms with Gasteiger partial charge in [0.2, 0.25) is 0 Å². The molecule has 4 aliphatic rings. The van der Waals surface area contributed by atoms with E-state index in [1.165, 1.54) is 4.52 Å². The lowest BCUT2D eigenvalue weighted by atomic mass is 10.0. The normalized spacial score (nSPS) is 20.1. The van der Waals surface area contributed by atoms with Crippen molar-refractivity contribution in [2.75, 3.05) is 11.5 Å². The average molecular weight is 535 g/mol. The van der Waals surface area contributed by atoms with E-state index in [0.717, 1.165) is 38.5 Å². The Labute approximate surface area is 220 Å². The molecule has 7 rings (SSSR count). The van der Waals surface area contributed by atoms with Gasteiger partial charge in [-0.1, -0.05) is 0 Å². The maximum absolute atomic E-state index is 13.6. The van der Waals surface area contributed by atoms with E-state index in [9.17, 15) is 18.0 Å². The Hall–Kier alpha value is -3.47. The van der Waals surface area contributed by atoms with Gasteiger partial charge in [0.05, 0.1) is 21.9 Å². The number of amides is 2. The number of carbonyl (C=O) groups excluding carboxylic acids is 2. The monoisotopic (exact) mass is 534 g/mol. The molecule has 3 aliphatic carbocycles. The molecule has 1 aromatic carbocycles. The lowest BCUT2D eigenvalue weighted by molar-refractivity contribution is 0.0694. The van der Waals surface area contributed by atoms with Gasteiger partial charge >= 0.3 is 0 Å². The summed E-state index contributed by atoms with van der Waals surface area (Å²) in [4.78, 5) is 33.1. The number of anilines is 1. The number of fused-ring (bicyclic) bond motifs is 2. The van der Waals surface area contributed by atoms with Crippen molar-refractivity contribution < 1.29 is 18.0 Å². The van der Waals surface area contributed by atoms with Crippen molar-refractivity contribution >= 4 is 33.1 Å². The number of sulfone groups is 1. The van der Waals surface area contributed by atoms with Gasteiger partial charge in [0, 0.05) is 30.4 Å². The van der Waals surface area contributed by atoms with Crippen LogP contribution in [0.1, 0.15) is 71.7 Å². The largest absolute Gasteiger partial charge is 0.381 e. The van der Waals surface area contributed by atoms with Crippen molar-refractivity contribution in [1.82, 2.24) is 24.8 Å². The smallest absolute Gasteiger partial charge is 0.259 e. The number of rotatable bonds is 8. The molecule has 3 N–H and O–H groups in total. The van der Waals surface area contributed by atoms with Crippen LogP contribution in [0.3, 0.4) is 0 Å². The zero-order valence-corrected chi connectivity index (χ0v) is 22.0. The van der Waals surface area contributed by atoms with E-state index < -0.39 is 9.84 Å². The van der Waals surface area contributed by atoms with Gasteiger partial charge in [-0.15, -0.1) is 5.10 Å². The molecule has 1 unspecified atom stereocenters. The second kappa shape index (κ2) is 8.26. The number of carbonyl (C=O) groups is 2. The summed E-state index contributed by atoms with van der Waals surface area (Å²) in [6.45, 7) is 2.43. The van der Waals surface area contributed by atoms with Crippen molar-refractivity contribution in [2.45, 2.75) is 69.0 Å². The molecule has 1 aliphatic heterocycles. The molecule has 0 spiro atoms. The van der Waals surface area contributed by atoms with Crippen molar-refractivity contribution in [1.29, 1.82) is 0 Å². The minimum Gasteiger partial charge on any atom is -0.381 e. The molecule has 2 amide bonds. The van der Waals surface area contributed by atoms with Crippen LogP contribution in [0.5, 0.6) is 0 Å². The van der Waals surface area contributed by atoms with Crippen LogP contribution in [-0.4, -0.2) is 57.6 Å². The molecule has 2 aromatic heterocycles. The van der Waals surface area contributed by atoms with E-state index in [1.807, 2.05) is 11.0 Å². The Morgan fingerprint density at radius 3 is 2.63 bits per heavy atom. The topological polar surface area (TPSA) is 140 Å². The van der Waals surface area contributed by atoms with Crippen LogP contribution in [0.4, 0.5) is 5.82 Å². The highest BCUT2D eigenvalue weighted by Crippen LogP contribution is 2.42. The highest BCUT2D eigenvalue weighted by molar-refractivity contribution is 7.91. The molecule has 11 heteroatoms. The number of hydrogen-bond donors (Lipinski definition) is 2. The third-order valence-corrected chi connectivity index (χ3v) is 10.1. The fourth-order valence-corrected chi connectivity index (χ4v) is 7.46. The second-order valence-electron chi connectivity index (χ2n) is 11.3. The third kappa shape index (κ3) is 4.03. The van der Waals surface area contributed by atoms with Gasteiger partial charge < -0.3 is 16.0 Å². The highest BCUT2D eigenvalue weighted by Gasteiger charge is 2.42. The number of benzene rings is 1. The number of nitrogens with one attached hydrogen (secondary N) is 1. The summed E-state index contributed by atoms with van der Waals surface area (Å²) in [7, 11) is -3.68. The molecule has 3 saturated carbocycles. The maximum atomic E-state index is 13.6. The predicted molar refractivity (Wildman–Crippen MR) is 140 cm³/mol. The summed E-state index contributed by atoms with van der Waals surface area (Å²) in [5.41, 5.74) is 8.68. The van der Waals surface area contributed by atoms with E-state index in [1.54, 1.807) is 18.3 Å². The molecule has 198 valence electrons. The van der Waals surface area contributed by atoms with Gasteiger partial charge in [-0.25, -0.2) is 17.9 Å². The molecule has 0 radical (unpaired) electrons. The summed E-state index contributed by atoms with van der Waals surface area (Å²) in [5, 5.41) is 7.17. The number of hydrogen-bond acceptors (Lipinski definition) is 7. The summed E-state index contributed by atoms with van der Waals surface area (Å²) < 4.78 is 28.6. The molecule has 0 bridgehead atoms. The molecule has 3 fully saturated rings. The van der Waals surface area contributed by atoms with Crippen LogP contribution in [-0.2, 0) is 16.4 Å². The SMILES string of the molecule is CC(C1CC1)N1Cc2cc(-c3ccn4nc(N)c(C(=O)NC5CC5)c4n3)cc(S(=O)(=O)CC3CC3)c2C1=O. The molecular formula is C27H30N6O4S. The third-order valence-electron chi connectivity index (χ3n) is 8.23. The van der Waals surface area contributed by atoms with Gasteiger partial charge in [0.25, 0.3) is 11.8 Å². The Bertz CT molecular complexity index is 1620. The number of nitrogens with zero attached hydrogens (tertiary/aromatic N) is 4. The van der Waals surface area contributed by atoms with E-state index in [4.69, 9.17) is 10.7 Å².